The fourth-order valence-electron chi connectivity index (χ4n) is 3.47. The zero-order chi connectivity index (χ0) is 18.7. The molecule has 2 aromatic rings. The Balaban J connectivity index is 1.72. The summed E-state index contributed by atoms with van der Waals surface area (Å²) in [6.07, 6.45) is 1.46. The second-order valence-electron chi connectivity index (χ2n) is 7.17. The second-order valence-corrected chi connectivity index (χ2v) is 9.14. The number of benzene rings is 2. The minimum atomic E-state index is -3.43. The van der Waals surface area contributed by atoms with E-state index in [4.69, 9.17) is 0 Å². The summed E-state index contributed by atoms with van der Waals surface area (Å²) < 4.78 is 27.2. The summed E-state index contributed by atoms with van der Waals surface area (Å²) in [7, 11) is -3.43. The lowest BCUT2D eigenvalue weighted by molar-refractivity contribution is 0.0872. The summed E-state index contributed by atoms with van der Waals surface area (Å²) >= 11 is 0. The summed E-state index contributed by atoms with van der Waals surface area (Å²) in [6, 6.07) is 15.1. The lowest BCUT2D eigenvalue weighted by Crippen LogP contribution is -2.42. The number of ketones is 1. The first-order chi connectivity index (χ1) is 12.3. The maximum Gasteiger partial charge on any atom is 0.218 e. The van der Waals surface area contributed by atoms with Gasteiger partial charge in [0.05, 0.1) is 5.75 Å². The van der Waals surface area contributed by atoms with E-state index in [2.05, 4.69) is 0 Å². The summed E-state index contributed by atoms with van der Waals surface area (Å²) in [5.41, 5.74) is 3.60. The van der Waals surface area contributed by atoms with Crippen LogP contribution in [0.15, 0.2) is 48.5 Å². The van der Waals surface area contributed by atoms with Gasteiger partial charge in [-0.25, -0.2) is 12.7 Å². The maximum atomic E-state index is 12.8. The summed E-state index contributed by atoms with van der Waals surface area (Å²) in [6.45, 7) is 4.70. The van der Waals surface area contributed by atoms with Crippen molar-refractivity contribution in [1.29, 1.82) is 0 Å². The second kappa shape index (κ2) is 7.72. The molecule has 3 rings (SSSR count). The van der Waals surface area contributed by atoms with E-state index in [1.54, 1.807) is 0 Å². The van der Waals surface area contributed by atoms with Crippen LogP contribution in [0.5, 0.6) is 0 Å². The molecule has 5 heteroatoms. The maximum absolute atomic E-state index is 12.8. The van der Waals surface area contributed by atoms with Gasteiger partial charge in [-0.2, -0.15) is 0 Å². The molecular formula is C21H25NO3S. The summed E-state index contributed by atoms with van der Waals surface area (Å²) in [5, 5.41) is 0. The van der Waals surface area contributed by atoms with E-state index < -0.39 is 10.0 Å². The topological polar surface area (TPSA) is 54.5 Å². The van der Waals surface area contributed by atoms with Gasteiger partial charge in [-0.3, -0.25) is 4.79 Å². The van der Waals surface area contributed by atoms with Crippen LogP contribution in [0, 0.1) is 19.8 Å². The molecule has 1 saturated heterocycles. The molecular weight excluding hydrogens is 346 g/mol. The summed E-state index contributed by atoms with van der Waals surface area (Å²) in [5.74, 6) is -0.237. The van der Waals surface area contributed by atoms with Crippen LogP contribution < -0.4 is 0 Å². The van der Waals surface area contributed by atoms with Crippen LogP contribution in [0.25, 0.3) is 0 Å². The van der Waals surface area contributed by atoms with Crippen molar-refractivity contribution in [3.63, 3.8) is 0 Å². The number of aryl methyl sites for hydroxylation is 2. The number of hydrogen-bond acceptors (Lipinski definition) is 3. The smallest absolute Gasteiger partial charge is 0.218 e. The molecule has 0 radical (unpaired) electrons. The van der Waals surface area contributed by atoms with E-state index in [9.17, 15) is 13.2 Å². The standard InChI is InChI=1S/C21H25NO3S/c1-16-8-10-19(11-9-16)21(23)20-7-4-12-22(14-20)26(24,25)15-18-6-3-5-17(2)13-18/h3,5-6,8-11,13,20H,4,7,12,14-15H2,1-2H3. The van der Waals surface area contributed by atoms with Crippen molar-refractivity contribution >= 4 is 15.8 Å². The Bertz CT molecular complexity index is 888. The van der Waals surface area contributed by atoms with Crippen molar-refractivity contribution in [2.45, 2.75) is 32.4 Å². The predicted molar refractivity (Wildman–Crippen MR) is 104 cm³/mol. The number of sulfonamides is 1. The van der Waals surface area contributed by atoms with Crippen molar-refractivity contribution in [3.05, 3.63) is 70.8 Å². The Morgan fingerprint density at radius 3 is 2.50 bits per heavy atom. The molecule has 138 valence electrons. The van der Waals surface area contributed by atoms with Gasteiger partial charge in [0.1, 0.15) is 0 Å². The van der Waals surface area contributed by atoms with Crippen molar-refractivity contribution in [2.24, 2.45) is 5.92 Å². The Morgan fingerprint density at radius 2 is 1.81 bits per heavy atom. The van der Waals surface area contributed by atoms with Gasteiger partial charge in [0, 0.05) is 24.6 Å². The zero-order valence-corrected chi connectivity index (χ0v) is 16.1. The van der Waals surface area contributed by atoms with Crippen molar-refractivity contribution in [3.8, 4) is 0 Å². The molecule has 1 aliphatic heterocycles. The Kier molecular flexibility index (Phi) is 5.58. The molecule has 4 nitrogen and oxygen atoms in total. The van der Waals surface area contributed by atoms with Gasteiger partial charge in [-0.05, 0) is 32.3 Å². The van der Waals surface area contributed by atoms with E-state index in [0.29, 0.717) is 12.1 Å². The average Bonchev–Trinajstić information content (AvgIpc) is 2.61. The SMILES string of the molecule is Cc1ccc(C(=O)C2CCCN(S(=O)(=O)Cc3cccc(C)c3)C2)cc1. The Hall–Kier alpha value is -1.98. The molecule has 1 atom stereocenters. The van der Waals surface area contributed by atoms with Crippen LogP contribution in [0.4, 0.5) is 0 Å². The van der Waals surface area contributed by atoms with E-state index in [-0.39, 0.29) is 24.0 Å². The van der Waals surface area contributed by atoms with Crippen LogP contribution in [0.1, 0.15) is 39.9 Å². The average molecular weight is 372 g/mol. The molecule has 0 amide bonds. The number of nitrogens with zero attached hydrogens (tertiary/aromatic N) is 1. The van der Waals surface area contributed by atoms with Crippen LogP contribution >= 0.6 is 0 Å². The lowest BCUT2D eigenvalue weighted by Gasteiger charge is -2.31. The fourth-order valence-corrected chi connectivity index (χ4v) is 5.06. The number of carbonyl (C=O) groups is 1. The molecule has 0 aromatic heterocycles. The minimum Gasteiger partial charge on any atom is -0.294 e. The third-order valence-electron chi connectivity index (χ3n) is 4.92. The number of rotatable bonds is 5. The van der Waals surface area contributed by atoms with E-state index in [1.807, 2.05) is 62.4 Å². The summed E-state index contributed by atoms with van der Waals surface area (Å²) in [4.78, 5) is 12.8. The lowest BCUT2D eigenvalue weighted by atomic mass is 9.91. The number of hydrogen-bond donors (Lipinski definition) is 0. The van der Waals surface area contributed by atoms with Crippen molar-refractivity contribution < 1.29 is 13.2 Å². The van der Waals surface area contributed by atoms with Gasteiger partial charge in [-0.15, -0.1) is 0 Å². The number of Topliss-reactive ketones (excluding diaryl/α,β-unsaturated/α-hetero) is 1. The van der Waals surface area contributed by atoms with E-state index >= 15 is 0 Å². The molecule has 0 bridgehead atoms. The van der Waals surface area contributed by atoms with Gasteiger partial charge in [0.2, 0.25) is 10.0 Å². The molecule has 1 heterocycles. The highest BCUT2D eigenvalue weighted by Crippen LogP contribution is 2.24. The molecule has 1 unspecified atom stereocenters. The monoisotopic (exact) mass is 371 g/mol. The van der Waals surface area contributed by atoms with Crippen molar-refractivity contribution in [2.75, 3.05) is 13.1 Å². The molecule has 0 saturated carbocycles. The molecule has 26 heavy (non-hydrogen) atoms. The van der Waals surface area contributed by atoms with Crippen LogP contribution in [-0.4, -0.2) is 31.6 Å². The van der Waals surface area contributed by atoms with Crippen LogP contribution in [0.2, 0.25) is 0 Å². The zero-order valence-electron chi connectivity index (χ0n) is 15.3. The Morgan fingerprint density at radius 1 is 1.08 bits per heavy atom. The third kappa shape index (κ3) is 4.40. The van der Waals surface area contributed by atoms with E-state index in [0.717, 1.165) is 29.5 Å². The first kappa shape index (κ1) is 18.8. The third-order valence-corrected chi connectivity index (χ3v) is 6.73. The molecule has 0 aliphatic carbocycles. The number of piperidine rings is 1. The van der Waals surface area contributed by atoms with Crippen molar-refractivity contribution in [1.82, 2.24) is 4.31 Å². The van der Waals surface area contributed by atoms with Crippen LogP contribution in [0.3, 0.4) is 0 Å². The first-order valence-electron chi connectivity index (χ1n) is 8.99. The van der Waals surface area contributed by atoms with Gasteiger partial charge in [0.25, 0.3) is 0 Å². The highest BCUT2D eigenvalue weighted by Gasteiger charge is 2.32. The quantitative estimate of drug-likeness (QED) is 0.753. The van der Waals surface area contributed by atoms with Gasteiger partial charge < -0.3 is 0 Å². The van der Waals surface area contributed by atoms with E-state index in [1.165, 1.54) is 4.31 Å². The Labute approximate surface area is 155 Å². The largest absolute Gasteiger partial charge is 0.294 e. The van der Waals surface area contributed by atoms with Crippen LogP contribution in [-0.2, 0) is 15.8 Å². The fraction of sp³-hybridized carbons (Fsp3) is 0.381. The highest BCUT2D eigenvalue weighted by molar-refractivity contribution is 7.88. The molecule has 1 fully saturated rings. The molecule has 0 spiro atoms. The predicted octanol–water partition coefficient (Wildman–Crippen LogP) is 3.73. The molecule has 2 aromatic carbocycles. The molecule has 0 N–H and O–H groups in total. The first-order valence-corrected chi connectivity index (χ1v) is 10.6. The number of carbonyl (C=O) groups excluding carboxylic acids is 1. The molecule has 1 aliphatic rings. The van der Waals surface area contributed by atoms with Gasteiger partial charge >= 0.3 is 0 Å². The normalized spacial score (nSPS) is 18.6. The minimum absolute atomic E-state index is 0.0138. The van der Waals surface area contributed by atoms with Gasteiger partial charge in [-0.1, -0.05) is 59.7 Å². The highest BCUT2D eigenvalue weighted by atomic mass is 32.2. The van der Waals surface area contributed by atoms with Gasteiger partial charge in [0.15, 0.2) is 5.78 Å².